The van der Waals surface area contributed by atoms with Gasteiger partial charge in [0.25, 0.3) is 11.6 Å². The largest absolute Gasteiger partial charge is 0.379 e. The Kier molecular flexibility index (Phi) is 3.96. The SMILES string of the molecule is CNC(=O)c1ccc(NC2CCOC2)c([N+](=O)[O-])c1. The minimum Gasteiger partial charge on any atom is -0.379 e. The van der Waals surface area contributed by atoms with Gasteiger partial charge in [-0.15, -0.1) is 0 Å². The van der Waals surface area contributed by atoms with Gasteiger partial charge in [-0.25, -0.2) is 0 Å². The molecule has 0 aliphatic carbocycles. The van der Waals surface area contributed by atoms with Gasteiger partial charge in [0, 0.05) is 25.3 Å². The number of nitrogens with one attached hydrogen (secondary N) is 2. The van der Waals surface area contributed by atoms with E-state index in [0.29, 0.717) is 18.9 Å². The van der Waals surface area contributed by atoms with Crippen LogP contribution in [0.15, 0.2) is 18.2 Å². The van der Waals surface area contributed by atoms with Crippen molar-refractivity contribution in [1.82, 2.24) is 5.32 Å². The molecule has 1 fully saturated rings. The number of nitro groups is 1. The molecule has 0 radical (unpaired) electrons. The summed E-state index contributed by atoms with van der Waals surface area (Å²) >= 11 is 0. The second-order valence-electron chi connectivity index (χ2n) is 4.27. The van der Waals surface area contributed by atoms with Crippen molar-refractivity contribution in [3.63, 3.8) is 0 Å². The highest BCUT2D eigenvalue weighted by molar-refractivity contribution is 5.95. The first-order valence-corrected chi connectivity index (χ1v) is 5.96. The Bertz CT molecular complexity index is 498. The Labute approximate surface area is 110 Å². The summed E-state index contributed by atoms with van der Waals surface area (Å²) in [6.07, 6.45) is 0.814. The fourth-order valence-corrected chi connectivity index (χ4v) is 1.96. The highest BCUT2D eigenvalue weighted by atomic mass is 16.6. The van der Waals surface area contributed by atoms with Crippen molar-refractivity contribution in [3.05, 3.63) is 33.9 Å². The van der Waals surface area contributed by atoms with Gasteiger partial charge < -0.3 is 15.4 Å². The number of hydrogen-bond donors (Lipinski definition) is 2. The predicted octanol–water partition coefficient (Wildman–Crippen LogP) is 1.16. The number of benzene rings is 1. The molecular weight excluding hydrogens is 250 g/mol. The highest BCUT2D eigenvalue weighted by Gasteiger charge is 2.21. The number of nitrogens with zero attached hydrogens (tertiary/aromatic N) is 1. The number of rotatable bonds is 4. The van der Waals surface area contributed by atoms with E-state index in [1.54, 1.807) is 12.1 Å². The molecule has 7 nitrogen and oxygen atoms in total. The first-order chi connectivity index (χ1) is 9.11. The third kappa shape index (κ3) is 3.00. The third-order valence-corrected chi connectivity index (χ3v) is 2.97. The van der Waals surface area contributed by atoms with Crippen LogP contribution in [0.25, 0.3) is 0 Å². The Balaban J connectivity index is 2.26. The summed E-state index contributed by atoms with van der Waals surface area (Å²) in [7, 11) is 1.48. The maximum absolute atomic E-state index is 11.5. The first-order valence-electron chi connectivity index (χ1n) is 5.96. The van der Waals surface area contributed by atoms with Crippen molar-refractivity contribution in [2.24, 2.45) is 0 Å². The number of carbonyl (C=O) groups is 1. The van der Waals surface area contributed by atoms with E-state index in [9.17, 15) is 14.9 Å². The molecule has 1 aliphatic heterocycles. The Morgan fingerprint density at radius 1 is 1.53 bits per heavy atom. The zero-order valence-corrected chi connectivity index (χ0v) is 10.5. The van der Waals surface area contributed by atoms with Gasteiger partial charge >= 0.3 is 0 Å². The lowest BCUT2D eigenvalue weighted by Crippen LogP contribution is -2.21. The molecule has 19 heavy (non-hydrogen) atoms. The van der Waals surface area contributed by atoms with Crippen LogP contribution in [0.5, 0.6) is 0 Å². The average Bonchev–Trinajstić information content (AvgIpc) is 2.91. The Morgan fingerprint density at radius 2 is 2.32 bits per heavy atom. The van der Waals surface area contributed by atoms with Crippen molar-refractivity contribution in [2.75, 3.05) is 25.6 Å². The predicted molar refractivity (Wildman–Crippen MR) is 69.3 cm³/mol. The molecule has 7 heteroatoms. The van der Waals surface area contributed by atoms with E-state index in [1.165, 1.54) is 13.1 Å². The summed E-state index contributed by atoms with van der Waals surface area (Å²) in [5.41, 5.74) is 0.573. The number of amides is 1. The molecule has 1 aliphatic rings. The molecule has 102 valence electrons. The fourth-order valence-electron chi connectivity index (χ4n) is 1.96. The molecule has 0 spiro atoms. The van der Waals surface area contributed by atoms with Gasteiger partial charge in [0.05, 0.1) is 17.6 Å². The zero-order chi connectivity index (χ0) is 13.8. The average molecular weight is 265 g/mol. The van der Waals surface area contributed by atoms with E-state index in [-0.39, 0.29) is 23.2 Å². The summed E-state index contributed by atoms with van der Waals surface area (Å²) < 4.78 is 5.21. The minimum absolute atomic E-state index is 0.0737. The van der Waals surface area contributed by atoms with Crippen molar-refractivity contribution in [3.8, 4) is 0 Å². The topological polar surface area (TPSA) is 93.5 Å². The fraction of sp³-hybridized carbons (Fsp3) is 0.417. The molecule has 1 amide bonds. The standard InChI is InChI=1S/C12H15N3O4/c1-13-12(16)8-2-3-10(11(6-8)15(17)18)14-9-4-5-19-7-9/h2-3,6,9,14H,4-5,7H2,1H3,(H,13,16). The number of anilines is 1. The number of hydrogen-bond acceptors (Lipinski definition) is 5. The molecule has 2 N–H and O–H groups in total. The van der Waals surface area contributed by atoms with E-state index in [0.717, 1.165) is 6.42 Å². The van der Waals surface area contributed by atoms with Gasteiger partial charge in [-0.05, 0) is 18.6 Å². The summed E-state index contributed by atoms with van der Waals surface area (Å²) in [6.45, 7) is 1.19. The first kappa shape index (κ1) is 13.3. The minimum atomic E-state index is -0.495. The van der Waals surface area contributed by atoms with Crippen LogP contribution in [0, 0.1) is 10.1 Å². The van der Waals surface area contributed by atoms with E-state index in [1.807, 2.05) is 0 Å². The molecule has 1 heterocycles. The van der Waals surface area contributed by atoms with Crippen LogP contribution >= 0.6 is 0 Å². The van der Waals surface area contributed by atoms with Crippen molar-refractivity contribution in [1.29, 1.82) is 0 Å². The molecular formula is C12H15N3O4. The quantitative estimate of drug-likeness (QED) is 0.629. The van der Waals surface area contributed by atoms with Crippen LogP contribution in [0.3, 0.4) is 0 Å². The highest BCUT2D eigenvalue weighted by Crippen LogP contribution is 2.27. The number of carbonyl (C=O) groups excluding carboxylic acids is 1. The number of nitro benzene ring substituents is 1. The molecule has 1 aromatic rings. The number of ether oxygens (including phenoxy) is 1. The second-order valence-corrected chi connectivity index (χ2v) is 4.27. The monoisotopic (exact) mass is 265 g/mol. The third-order valence-electron chi connectivity index (χ3n) is 2.97. The van der Waals surface area contributed by atoms with Gasteiger partial charge in [0.1, 0.15) is 5.69 Å². The van der Waals surface area contributed by atoms with Gasteiger partial charge in [0.2, 0.25) is 0 Å². The molecule has 1 unspecified atom stereocenters. The van der Waals surface area contributed by atoms with Crippen molar-refractivity contribution in [2.45, 2.75) is 12.5 Å². The maximum atomic E-state index is 11.5. The molecule has 0 saturated carbocycles. The van der Waals surface area contributed by atoms with Crippen molar-refractivity contribution < 1.29 is 14.5 Å². The maximum Gasteiger partial charge on any atom is 0.293 e. The van der Waals surface area contributed by atoms with Crippen molar-refractivity contribution >= 4 is 17.3 Å². The van der Waals surface area contributed by atoms with Crippen LogP contribution in [-0.4, -0.2) is 37.1 Å². The van der Waals surface area contributed by atoms with Crippen LogP contribution in [0.2, 0.25) is 0 Å². The van der Waals surface area contributed by atoms with E-state index in [2.05, 4.69) is 10.6 Å². The van der Waals surface area contributed by atoms with Crippen LogP contribution < -0.4 is 10.6 Å². The molecule has 0 aromatic heterocycles. The second kappa shape index (κ2) is 5.66. The van der Waals surface area contributed by atoms with Crippen LogP contribution in [0.4, 0.5) is 11.4 Å². The van der Waals surface area contributed by atoms with Crippen LogP contribution in [-0.2, 0) is 4.74 Å². The summed E-state index contributed by atoms with van der Waals surface area (Å²) in [6, 6.07) is 4.46. The smallest absolute Gasteiger partial charge is 0.293 e. The van der Waals surface area contributed by atoms with Crippen LogP contribution in [0.1, 0.15) is 16.8 Å². The molecule has 1 aromatic carbocycles. The zero-order valence-electron chi connectivity index (χ0n) is 10.5. The van der Waals surface area contributed by atoms with Gasteiger partial charge in [-0.1, -0.05) is 0 Å². The Morgan fingerprint density at radius 3 is 2.89 bits per heavy atom. The summed E-state index contributed by atoms with van der Waals surface area (Å²) in [4.78, 5) is 22.0. The lowest BCUT2D eigenvalue weighted by atomic mass is 10.1. The molecule has 2 rings (SSSR count). The van der Waals surface area contributed by atoms with Gasteiger partial charge in [-0.3, -0.25) is 14.9 Å². The summed E-state index contributed by atoms with van der Waals surface area (Å²) in [5.74, 6) is -0.348. The Hall–Kier alpha value is -2.15. The normalized spacial score (nSPS) is 18.1. The lowest BCUT2D eigenvalue weighted by molar-refractivity contribution is -0.384. The van der Waals surface area contributed by atoms with E-state index in [4.69, 9.17) is 4.74 Å². The van der Waals surface area contributed by atoms with Gasteiger partial charge in [0.15, 0.2) is 0 Å². The van der Waals surface area contributed by atoms with Gasteiger partial charge in [-0.2, -0.15) is 0 Å². The van der Waals surface area contributed by atoms with E-state index < -0.39 is 4.92 Å². The summed E-state index contributed by atoms with van der Waals surface area (Å²) in [5, 5.41) is 16.6. The van der Waals surface area contributed by atoms with E-state index >= 15 is 0 Å². The molecule has 1 atom stereocenters. The molecule has 0 bridgehead atoms. The lowest BCUT2D eigenvalue weighted by Gasteiger charge is -2.12. The molecule has 1 saturated heterocycles.